The number of hydrogen-bond acceptors (Lipinski definition) is 7. The second-order valence-electron chi connectivity index (χ2n) is 7.44. The third-order valence-electron chi connectivity index (χ3n) is 4.57. The molecule has 0 aliphatic carbocycles. The molecule has 2 aromatic heterocycles. The number of nitrogens with zero attached hydrogens (tertiary/aromatic N) is 6. The second-order valence-corrected chi connectivity index (χ2v) is 7.44. The predicted octanol–water partition coefficient (Wildman–Crippen LogP) is 2.33. The smallest absolute Gasteiger partial charge is 0.241 e. The molecule has 3 heterocycles. The Hall–Kier alpha value is -1.86. The van der Waals surface area contributed by atoms with Gasteiger partial charge in [0.15, 0.2) is 0 Å². The van der Waals surface area contributed by atoms with Crippen LogP contribution in [0, 0.1) is 11.8 Å². The van der Waals surface area contributed by atoms with Gasteiger partial charge in [-0.05, 0) is 44.8 Å². The van der Waals surface area contributed by atoms with Gasteiger partial charge < -0.3 is 9.42 Å². The Morgan fingerprint density at radius 1 is 1.28 bits per heavy atom. The molecule has 1 aliphatic rings. The fourth-order valence-electron chi connectivity index (χ4n) is 3.44. The van der Waals surface area contributed by atoms with E-state index >= 15 is 0 Å². The summed E-state index contributed by atoms with van der Waals surface area (Å²) >= 11 is 0. The lowest BCUT2D eigenvalue weighted by Gasteiger charge is -2.34. The Morgan fingerprint density at radius 3 is 2.76 bits per heavy atom. The SMILES string of the molecule is CC(C)CN1CCC(CN(C)Cc2nc(-c3cnccn3)no2)CC1. The monoisotopic (exact) mass is 344 g/mol. The Balaban J connectivity index is 1.46. The molecule has 0 amide bonds. The normalized spacial score (nSPS) is 16.8. The Kier molecular flexibility index (Phi) is 6.09. The zero-order valence-electron chi connectivity index (χ0n) is 15.4. The number of likely N-dealkylation sites (tertiary alicyclic amines) is 1. The van der Waals surface area contributed by atoms with E-state index < -0.39 is 0 Å². The molecular weight excluding hydrogens is 316 g/mol. The Morgan fingerprint density at radius 2 is 2.08 bits per heavy atom. The molecule has 0 atom stereocenters. The van der Waals surface area contributed by atoms with Crippen LogP contribution in [0.5, 0.6) is 0 Å². The summed E-state index contributed by atoms with van der Waals surface area (Å²) in [5.41, 5.74) is 0.637. The lowest BCUT2D eigenvalue weighted by molar-refractivity contribution is 0.137. The van der Waals surface area contributed by atoms with Crippen molar-refractivity contribution in [2.24, 2.45) is 11.8 Å². The summed E-state index contributed by atoms with van der Waals surface area (Å²) in [6.45, 7) is 9.97. The molecule has 7 heteroatoms. The molecule has 1 fully saturated rings. The van der Waals surface area contributed by atoms with Gasteiger partial charge in [-0.2, -0.15) is 4.98 Å². The Bertz CT molecular complexity index is 636. The second kappa shape index (κ2) is 8.49. The molecule has 25 heavy (non-hydrogen) atoms. The molecule has 2 aromatic rings. The predicted molar refractivity (Wildman–Crippen MR) is 95.7 cm³/mol. The highest BCUT2D eigenvalue weighted by atomic mass is 16.5. The van der Waals surface area contributed by atoms with Crippen LogP contribution in [0.25, 0.3) is 11.5 Å². The van der Waals surface area contributed by atoms with Crippen molar-refractivity contribution in [3.8, 4) is 11.5 Å². The maximum Gasteiger partial charge on any atom is 0.241 e. The quantitative estimate of drug-likeness (QED) is 0.763. The highest BCUT2D eigenvalue weighted by Gasteiger charge is 2.21. The van der Waals surface area contributed by atoms with Gasteiger partial charge in [-0.3, -0.25) is 9.88 Å². The average Bonchev–Trinajstić information content (AvgIpc) is 3.05. The summed E-state index contributed by atoms with van der Waals surface area (Å²) in [5.74, 6) is 2.62. The van der Waals surface area contributed by atoms with E-state index in [1.165, 1.54) is 32.5 Å². The van der Waals surface area contributed by atoms with Gasteiger partial charge in [0, 0.05) is 25.5 Å². The van der Waals surface area contributed by atoms with Crippen molar-refractivity contribution in [3.05, 3.63) is 24.5 Å². The van der Waals surface area contributed by atoms with Crippen molar-refractivity contribution in [1.29, 1.82) is 0 Å². The van der Waals surface area contributed by atoms with E-state index in [2.05, 4.69) is 50.8 Å². The fourth-order valence-corrected chi connectivity index (χ4v) is 3.44. The van der Waals surface area contributed by atoms with Crippen LogP contribution in [0.3, 0.4) is 0 Å². The number of rotatable bonds is 7. The van der Waals surface area contributed by atoms with E-state index in [4.69, 9.17) is 4.52 Å². The summed E-state index contributed by atoms with van der Waals surface area (Å²) in [6, 6.07) is 0. The lowest BCUT2D eigenvalue weighted by atomic mass is 9.95. The van der Waals surface area contributed by atoms with E-state index in [0.29, 0.717) is 24.0 Å². The topological polar surface area (TPSA) is 71.2 Å². The molecule has 136 valence electrons. The molecule has 0 aromatic carbocycles. The third-order valence-corrected chi connectivity index (χ3v) is 4.57. The summed E-state index contributed by atoms with van der Waals surface area (Å²) in [4.78, 5) is 17.5. The van der Waals surface area contributed by atoms with E-state index in [0.717, 1.165) is 18.4 Å². The minimum atomic E-state index is 0.499. The fraction of sp³-hybridized carbons (Fsp3) is 0.667. The van der Waals surface area contributed by atoms with Crippen LogP contribution in [0.15, 0.2) is 23.1 Å². The van der Waals surface area contributed by atoms with Crippen LogP contribution < -0.4 is 0 Å². The van der Waals surface area contributed by atoms with Crippen molar-refractivity contribution in [3.63, 3.8) is 0 Å². The van der Waals surface area contributed by atoms with Gasteiger partial charge in [-0.25, -0.2) is 4.98 Å². The van der Waals surface area contributed by atoms with E-state index in [9.17, 15) is 0 Å². The van der Waals surface area contributed by atoms with Crippen molar-refractivity contribution < 1.29 is 4.52 Å². The zero-order chi connectivity index (χ0) is 17.6. The van der Waals surface area contributed by atoms with E-state index in [1.54, 1.807) is 18.6 Å². The molecule has 1 saturated heterocycles. The van der Waals surface area contributed by atoms with Crippen LogP contribution in [-0.2, 0) is 6.54 Å². The minimum absolute atomic E-state index is 0.499. The van der Waals surface area contributed by atoms with Crippen LogP contribution >= 0.6 is 0 Å². The highest BCUT2D eigenvalue weighted by Crippen LogP contribution is 2.20. The summed E-state index contributed by atoms with van der Waals surface area (Å²) in [5, 5.41) is 4.00. The molecule has 0 spiro atoms. The first-order chi connectivity index (χ1) is 12.1. The molecular formula is C18H28N6O. The molecule has 0 N–H and O–H groups in total. The number of aromatic nitrogens is 4. The molecule has 0 saturated carbocycles. The molecule has 1 aliphatic heterocycles. The van der Waals surface area contributed by atoms with Gasteiger partial charge in [0.1, 0.15) is 5.69 Å². The van der Waals surface area contributed by atoms with E-state index in [1.807, 2.05) is 0 Å². The van der Waals surface area contributed by atoms with Crippen LogP contribution in [0.1, 0.15) is 32.6 Å². The lowest BCUT2D eigenvalue weighted by Crippen LogP contribution is -2.39. The first-order valence-corrected chi connectivity index (χ1v) is 9.10. The van der Waals surface area contributed by atoms with Gasteiger partial charge >= 0.3 is 0 Å². The maximum absolute atomic E-state index is 5.36. The van der Waals surface area contributed by atoms with Gasteiger partial charge in [0.2, 0.25) is 11.7 Å². The molecule has 0 unspecified atom stereocenters. The first kappa shape index (κ1) is 17.9. The Labute approximate surface area is 149 Å². The molecule has 0 radical (unpaired) electrons. The van der Waals surface area contributed by atoms with Crippen molar-refractivity contribution in [1.82, 2.24) is 29.9 Å². The summed E-state index contributed by atoms with van der Waals surface area (Å²) < 4.78 is 5.36. The van der Waals surface area contributed by atoms with Crippen LogP contribution in [0.2, 0.25) is 0 Å². The van der Waals surface area contributed by atoms with Gasteiger partial charge in [0.05, 0.1) is 12.7 Å². The van der Waals surface area contributed by atoms with Crippen LogP contribution in [-0.4, -0.2) is 63.1 Å². The largest absolute Gasteiger partial charge is 0.337 e. The van der Waals surface area contributed by atoms with Crippen LogP contribution in [0.4, 0.5) is 0 Å². The van der Waals surface area contributed by atoms with Gasteiger partial charge in [-0.15, -0.1) is 0 Å². The van der Waals surface area contributed by atoms with Crippen molar-refractivity contribution in [2.75, 3.05) is 33.2 Å². The molecule has 3 rings (SSSR count). The maximum atomic E-state index is 5.36. The average molecular weight is 344 g/mol. The van der Waals surface area contributed by atoms with Gasteiger partial charge in [-0.1, -0.05) is 19.0 Å². The third kappa shape index (κ3) is 5.31. The van der Waals surface area contributed by atoms with Gasteiger partial charge in [0.25, 0.3) is 0 Å². The zero-order valence-corrected chi connectivity index (χ0v) is 15.4. The highest BCUT2D eigenvalue weighted by molar-refractivity contribution is 5.45. The number of piperidine rings is 1. The molecule has 7 nitrogen and oxygen atoms in total. The van der Waals surface area contributed by atoms with E-state index in [-0.39, 0.29) is 0 Å². The first-order valence-electron chi connectivity index (χ1n) is 9.10. The van der Waals surface area contributed by atoms with Crippen molar-refractivity contribution in [2.45, 2.75) is 33.2 Å². The summed E-state index contributed by atoms with van der Waals surface area (Å²) in [7, 11) is 2.12. The number of hydrogen-bond donors (Lipinski definition) is 0. The minimum Gasteiger partial charge on any atom is -0.337 e. The molecule has 0 bridgehead atoms. The van der Waals surface area contributed by atoms with Crippen molar-refractivity contribution >= 4 is 0 Å². The standard InChI is InChI=1S/C18H28N6O/c1-14(2)11-24-8-4-15(5-9-24)12-23(3)13-17-21-18(22-25-17)16-10-19-6-7-20-16/h6-7,10,14-15H,4-5,8-9,11-13H2,1-3H3. The summed E-state index contributed by atoms with van der Waals surface area (Å²) in [6.07, 6.45) is 7.44.